The minimum absolute atomic E-state index is 0.282. The highest BCUT2D eigenvalue weighted by Crippen LogP contribution is 2.27. The molecule has 0 saturated carbocycles. The topological polar surface area (TPSA) is 29.1 Å². The first-order chi connectivity index (χ1) is 9.38. The van der Waals surface area contributed by atoms with Crippen molar-refractivity contribution >= 4 is 28.8 Å². The zero-order valence-electron chi connectivity index (χ0n) is 10.2. The Kier molecular flexibility index (Phi) is 4.35. The number of halogens is 4. The van der Waals surface area contributed by atoms with Crippen molar-refractivity contribution in [1.82, 2.24) is 5.32 Å². The van der Waals surface area contributed by atoms with E-state index in [1.807, 2.05) is 0 Å². The molecule has 0 fully saturated rings. The van der Waals surface area contributed by atoms with Crippen LogP contribution in [-0.4, -0.2) is 5.91 Å². The van der Waals surface area contributed by atoms with Crippen LogP contribution in [0.3, 0.4) is 0 Å². The van der Waals surface area contributed by atoms with Crippen LogP contribution in [0.4, 0.5) is 13.2 Å². The molecule has 106 valence electrons. The van der Waals surface area contributed by atoms with Gasteiger partial charge in [0.25, 0.3) is 5.91 Å². The highest BCUT2D eigenvalue weighted by Gasteiger charge is 2.17. The predicted molar refractivity (Wildman–Crippen MR) is 71.5 cm³/mol. The quantitative estimate of drug-likeness (QED) is 0.839. The van der Waals surface area contributed by atoms with Crippen LogP contribution in [-0.2, 0) is 0 Å². The van der Waals surface area contributed by atoms with Crippen LogP contribution in [0.25, 0.3) is 0 Å². The lowest BCUT2D eigenvalue weighted by atomic mass is 10.1. The van der Waals surface area contributed by atoms with E-state index in [9.17, 15) is 18.0 Å². The van der Waals surface area contributed by atoms with Crippen LogP contribution in [0.15, 0.2) is 24.3 Å². The van der Waals surface area contributed by atoms with Gasteiger partial charge in [-0.15, -0.1) is 11.3 Å². The zero-order chi connectivity index (χ0) is 14.9. The van der Waals surface area contributed by atoms with Crippen LogP contribution < -0.4 is 5.32 Å². The van der Waals surface area contributed by atoms with E-state index in [1.165, 1.54) is 11.3 Å². The molecule has 1 heterocycles. The summed E-state index contributed by atoms with van der Waals surface area (Å²) in [5, 5.41) is 2.56. The van der Waals surface area contributed by atoms with Crippen molar-refractivity contribution in [1.29, 1.82) is 0 Å². The van der Waals surface area contributed by atoms with E-state index in [0.717, 1.165) is 4.88 Å². The third-order valence-corrected chi connectivity index (χ3v) is 4.03. The molecule has 0 aliphatic rings. The molecule has 0 spiro atoms. The summed E-state index contributed by atoms with van der Waals surface area (Å²) in [6.45, 7) is 1.70. The van der Waals surface area contributed by atoms with Crippen molar-refractivity contribution < 1.29 is 18.0 Å². The maximum absolute atomic E-state index is 13.1. The molecule has 2 rings (SSSR count). The minimum atomic E-state index is -1.60. The Labute approximate surface area is 122 Å². The molecule has 2 aromatic rings. The highest BCUT2D eigenvalue weighted by atomic mass is 35.5. The number of carbonyl (C=O) groups excluding carboxylic acids is 1. The Morgan fingerprint density at radius 2 is 1.85 bits per heavy atom. The Morgan fingerprint density at radius 3 is 2.35 bits per heavy atom. The van der Waals surface area contributed by atoms with Gasteiger partial charge in [0, 0.05) is 10.4 Å². The molecule has 0 saturated heterocycles. The zero-order valence-corrected chi connectivity index (χ0v) is 11.8. The number of hydrogen-bond donors (Lipinski definition) is 1. The Hall–Kier alpha value is -1.53. The average Bonchev–Trinajstić information content (AvgIpc) is 2.82. The van der Waals surface area contributed by atoms with E-state index in [1.54, 1.807) is 19.1 Å². The van der Waals surface area contributed by atoms with Gasteiger partial charge in [0.05, 0.1) is 10.4 Å². The summed E-state index contributed by atoms with van der Waals surface area (Å²) in [6.07, 6.45) is 0. The van der Waals surface area contributed by atoms with Crippen LogP contribution in [0.2, 0.25) is 4.34 Å². The molecule has 0 radical (unpaired) electrons. The second kappa shape index (κ2) is 5.85. The number of benzene rings is 1. The van der Waals surface area contributed by atoms with Crippen LogP contribution in [0.5, 0.6) is 0 Å². The monoisotopic (exact) mass is 319 g/mol. The summed E-state index contributed by atoms with van der Waals surface area (Å²) in [7, 11) is 0. The fraction of sp³-hybridized carbons (Fsp3) is 0.154. The van der Waals surface area contributed by atoms with Gasteiger partial charge in [-0.1, -0.05) is 11.6 Å². The molecule has 1 aromatic carbocycles. The fourth-order valence-electron chi connectivity index (χ4n) is 1.60. The summed E-state index contributed by atoms with van der Waals surface area (Å²) in [5.41, 5.74) is -0.282. The highest BCUT2D eigenvalue weighted by molar-refractivity contribution is 7.16. The Balaban J connectivity index is 2.16. The first-order valence-electron chi connectivity index (χ1n) is 5.59. The standard InChI is InChI=1S/C13H9ClF3NOS/c1-6(10-2-3-11(14)20-10)18-13(19)7-4-8(15)12(17)9(16)5-7/h2-6H,1H3,(H,18,19). The van der Waals surface area contributed by atoms with Crippen LogP contribution in [0.1, 0.15) is 28.2 Å². The van der Waals surface area contributed by atoms with E-state index < -0.39 is 23.4 Å². The Bertz CT molecular complexity index is 636. The van der Waals surface area contributed by atoms with Crippen molar-refractivity contribution in [2.75, 3.05) is 0 Å². The van der Waals surface area contributed by atoms with Crippen molar-refractivity contribution in [2.45, 2.75) is 13.0 Å². The van der Waals surface area contributed by atoms with Gasteiger partial charge in [-0.25, -0.2) is 13.2 Å². The summed E-state index contributed by atoms with van der Waals surface area (Å²) < 4.78 is 39.5. The van der Waals surface area contributed by atoms with Crippen molar-refractivity contribution in [3.63, 3.8) is 0 Å². The van der Waals surface area contributed by atoms with Gasteiger partial charge in [0.1, 0.15) is 0 Å². The average molecular weight is 320 g/mol. The lowest BCUT2D eigenvalue weighted by Gasteiger charge is -2.12. The summed E-state index contributed by atoms with van der Waals surface area (Å²) >= 11 is 7.07. The van der Waals surface area contributed by atoms with Crippen LogP contribution >= 0.6 is 22.9 Å². The Morgan fingerprint density at radius 1 is 1.25 bits per heavy atom. The molecule has 0 bridgehead atoms. The third kappa shape index (κ3) is 3.13. The molecule has 7 heteroatoms. The minimum Gasteiger partial charge on any atom is -0.345 e. The van der Waals surface area contributed by atoms with Crippen molar-refractivity contribution in [3.05, 3.63) is 56.5 Å². The molecule has 1 amide bonds. The predicted octanol–water partition coefficient (Wildman–Crippen LogP) is 4.31. The molecule has 0 aliphatic carbocycles. The first-order valence-corrected chi connectivity index (χ1v) is 6.78. The SMILES string of the molecule is CC(NC(=O)c1cc(F)c(F)c(F)c1)c1ccc(Cl)s1. The molecule has 2 nitrogen and oxygen atoms in total. The van der Waals surface area contributed by atoms with E-state index in [0.29, 0.717) is 16.5 Å². The number of carbonyl (C=O) groups is 1. The van der Waals surface area contributed by atoms with E-state index in [4.69, 9.17) is 11.6 Å². The van der Waals surface area contributed by atoms with Gasteiger partial charge in [-0.3, -0.25) is 4.79 Å². The fourth-order valence-corrected chi connectivity index (χ4v) is 2.66. The molecular weight excluding hydrogens is 311 g/mol. The number of thiophene rings is 1. The molecule has 1 N–H and O–H groups in total. The second-order valence-corrected chi connectivity index (χ2v) is 5.84. The largest absolute Gasteiger partial charge is 0.345 e. The van der Waals surface area contributed by atoms with Gasteiger partial charge >= 0.3 is 0 Å². The van der Waals surface area contributed by atoms with E-state index in [2.05, 4.69) is 5.32 Å². The van der Waals surface area contributed by atoms with Crippen molar-refractivity contribution in [2.24, 2.45) is 0 Å². The molecular formula is C13H9ClF3NOS. The van der Waals surface area contributed by atoms with Gasteiger partial charge in [-0.05, 0) is 31.2 Å². The summed E-state index contributed by atoms with van der Waals surface area (Å²) in [5.74, 6) is -5.09. The second-order valence-electron chi connectivity index (χ2n) is 4.09. The number of hydrogen-bond acceptors (Lipinski definition) is 2. The van der Waals surface area contributed by atoms with E-state index in [-0.39, 0.29) is 11.6 Å². The van der Waals surface area contributed by atoms with Gasteiger partial charge in [-0.2, -0.15) is 0 Å². The summed E-state index contributed by atoms with van der Waals surface area (Å²) in [6, 6.07) is 4.35. The lowest BCUT2D eigenvalue weighted by molar-refractivity contribution is 0.0939. The maximum atomic E-state index is 13.1. The van der Waals surface area contributed by atoms with Gasteiger partial charge < -0.3 is 5.32 Å². The third-order valence-electron chi connectivity index (χ3n) is 2.61. The number of nitrogens with one attached hydrogen (secondary N) is 1. The lowest BCUT2D eigenvalue weighted by Crippen LogP contribution is -2.26. The van der Waals surface area contributed by atoms with Gasteiger partial charge in [0.2, 0.25) is 0 Å². The van der Waals surface area contributed by atoms with E-state index >= 15 is 0 Å². The van der Waals surface area contributed by atoms with Gasteiger partial charge in [0.15, 0.2) is 17.5 Å². The smallest absolute Gasteiger partial charge is 0.251 e. The molecule has 20 heavy (non-hydrogen) atoms. The normalized spacial score (nSPS) is 12.2. The van der Waals surface area contributed by atoms with Crippen molar-refractivity contribution in [3.8, 4) is 0 Å². The molecule has 1 aromatic heterocycles. The number of amides is 1. The molecule has 0 aliphatic heterocycles. The maximum Gasteiger partial charge on any atom is 0.251 e. The molecule has 1 unspecified atom stereocenters. The molecule has 1 atom stereocenters. The number of rotatable bonds is 3. The first kappa shape index (κ1) is 14.9. The summed E-state index contributed by atoms with van der Waals surface area (Å²) in [4.78, 5) is 12.7. The van der Waals surface area contributed by atoms with Crippen LogP contribution in [0, 0.1) is 17.5 Å².